The first-order valence-electron chi connectivity index (χ1n) is 13.6. The Morgan fingerprint density at radius 3 is 2.69 bits per heavy atom. The lowest BCUT2D eigenvalue weighted by molar-refractivity contribution is -0.128. The number of fused-ring (bicyclic) bond motifs is 3. The average molecular weight is 493 g/mol. The molecule has 8 heteroatoms. The molecule has 0 bridgehead atoms. The van der Waals surface area contributed by atoms with Crippen molar-refractivity contribution in [3.63, 3.8) is 0 Å². The average Bonchev–Trinajstić information content (AvgIpc) is 3.53. The predicted molar refractivity (Wildman–Crippen MR) is 135 cm³/mol. The fourth-order valence-corrected chi connectivity index (χ4v) is 6.52. The molecule has 8 nitrogen and oxygen atoms in total. The van der Waals surface area contributed by atoms with Gasteiger partial charge < -0.3 is 24.2 Å². The van der Waals surface area contributed by atoms with Crippen LogP contribution in [0.5, 0.6) is 0 Å². The Bertz CT molecular complexity index is 1160. The number of benzene rings is 1. The zero-order valence-electron chi connectivity index (χ0n) is 21.1. The second-order valence-electron chi connectivity index (χ2n) is 11.1. The Balaban J connectivity index is 1.25. The van der Waals surface area contributed by atoms with Crippen LogP contribution in [-0.4, -0.2) is 56.9 Å². The summed E-state index contributed by atoms with van der Waals surface area (Å²) in [5, 5.41) is 9.93. The molecule has 2 fully saturated rings. The van der Waals surface area contributed by atoms with Gasteiger partial charge in [-0.3, -0.25) is 4.79 Å². The van der Waals surface area contributed by atoms with Crippen molar-refractivity contribution in [3.05, 3.63) is 47.0 Å². The van der Waals surface area contributed by atoms with Crippen molar-refractivity contribution in [2.75, 3.05) is 18.0 Å². The summed E-state index contributed by atoms with van der Waals surface area (Å²) >= 11 is 0. The van der Waals surface area contributed by atoms with E-state index in [1.807, 2.05) is 36.1 Å². The maximum Gasteiger partial charge on any atom is 0.410 e. The van der Waals surface area contributed by atoms with Crippen molar-refractivity contribution in [3.8, 4) is 0 Å². The summed E-state index contributed by atoms with van der Waals surface area (Å²) in [4.78, 5) is 35.3. The molecule has 36 heavy (non-hydrogen) atoms. The lowest BCUT2D eigenvalue weighted by atomic mass is 9.75. The Morgan fingerprint density at radius 1 is 1.17 bits per heavy atom. The number of carbonyl (C=O) groups is 2. The first kappa shape index (κ1) is 23.5. The van der Waals surface area contributed by atoms with Crippen molar-refractivity contribution < 1.29 is 19.4 Å². The summed E-state index contributed by atoms with van der Waals surface area (Å²) in [6.07, 6.45) is 8.34. The Morgan fingerprint density at radius 2 is 1.92 bits per heavy atom. The SMILES string of the molecule is CC(O)CCn1c(CN2C(=O)C3(CN(C(=O)OC4CCCC4)C3)c3ccccc32)nc2c1CCCC2. The van der Waals surface area contributed by atoms with Crippen LogP contribution in [0.15, 0.2) is 24.3 Å². The Kier molecular flexibility index (Phi) is 6.02. The molecule has 6 rings (SSSR count). The summed E-state index contributed by atoms with van der Waals surface area (Å²) in [6.45, 7) is 3.63. The lowest BCUT2D eigenvalue weighted by Crippen LogP contribution is -2.65. The quantitative estimate of drug-likeness (QED) is 0.664. The van der Waals surface area contributed by atoms with Gasteiger partial charge in [0.2, 0.25) is 5.91 Å². The standard InChI is InChI=1S/C28H36N4O4/c1-19(33)14-15-31-24-13-7-5-11-22(24)29-25(31)16-32-23-12-6-4-10-21(23)28(26(32)34)17-30(18-28)27(35)36-20-8-2-3-9-20/h4,6,10,12,19-20,33H,2-3,5,7-9,11,13-18H2,1H3. The van der Waals surface area contributed by atoms with Crippen LogP contribution in [0.2, 0.25) is 0 Å². The monoisotopic (exact) mass is 492 g/mol. The molecule has 1 saturated heterocycles. The maximum absolute atomic E-state index is 14.0. The number of imidazole rings is 1. The summed E-state index contributed by atoms with van der Waals surface area (Å²) in [6, 6.07) is 7.97. The van der Waals surface area contributed by atoms with Crippen LogP contribution in [0.3, 0.4) is 0 Å². The van der Waals surface area contributed by atoms with E-state index in [0.29, 0.717) is 32.6 Å². The fourth-order valence-electron chi connectivity index (χ4n) is 6.52. The summed E-state index contributed by atoms with van der Waals surface area (Å²) < 4.78 is 7.94. The molecule has 2 aliphatic heterocycles. The van der Waals surface area contributed by atoms with Crippen molar-refractivity contribution >= 4 is 17.7 Å². The highest BCUT2D eigenvalue weighted by Crippen LogP contribution is 2.48. The molecule has 1 atom stereocenters. The molecule has 2 amide bonds. The molecule has 2 aliphatic carbocycles. The molecular weight excluding hydrogens is 456 g/mol. The van der Waals surface area contributed by atoms with E-state index in [1.54, 1.807) is 4.90 Å². The third-order valence-corrected chi connectivity index (χ3v) is 8.50. The van der Waals surface area contributed by atoms with Gasteiger partial charge in [0.1, 0.15) is 17.3 Å². The zero-order chi connectivity index (χ0) is 24.9. The zero-order valence-corrected chi connectivity index (χ0v) is 21.1. The number of nitrogens with zero attached hydrogens (tertiary/aromatic N) is 4. The molecule has 1 N–H and O–H groups in total. The van der Waals surface area contributed by atoms with E-state index in [2.05, 4.69) is 4.57 Å². The molecule has 2 aromatic rings. The van der Waals surface area contributed by atoms with Crippen LogP contribution in [-0.2, 0) is 40.9 Å². The Hall–Kier alpha value is -2.87. The minimum absolute atomic E-state index is 0.0173. The normalized spacial score (nSPS) is 21.4. The van der Waals surface area contributed by atoms with Gasteiger partial charge in [-0.05, 0) is 76.3 Å². The van der Waals surface area contributed by atoms with Crippen LogP contribution < -0.4 is 4.90 Å². The number of ether oxygens (including phenoxy) is 1. The van der Waals surface area contributed by atoms with Gasteiger partial charge in [-0.15, -0.1) is 0 Å². The molecule has 192 valence electrons. The van der Waals surface area contributed by atoms with Crippen molar-refractivity contribution in [1.82, 2.24) is 14.5 Å². The van der Waals surface area contributed by atoms with Crippen LogP contribution in [0.1, 0.15) is 74.6 Å². The van der Waals surface area contributed by atoms with Gasteiger partial charge in [-0.1, -0.05) is 18.2 Å². The van der Waals surface area contributed by atoms with E-state index in [9.17, 15) is 14.7 Å². The van der Waals surface area contributed by atoms with Crippen LogP contribution in [0.4, 0.5) is 10.5 Å². The van der Waals surface area contributed by atoms with E-state index < -0.39 is 5.41 Å². The molecule has 0 radical (unpaired) electrons. The second-order valence-corrected chi connectivity index (χ2v) is 11.1. The van der Waals surface area contributed by atoms with Crippen molar-refractivity contribution in [1.29, 1.82) is 0 Å². The second kappa shape index (κ2) is 9.21. The number of aliphatic hydroxyl groups excluding tert-OH is 1. The van der Waals surface area contributed by atoms with Crippen LogP contribution in [0, 0.1) is 0 Å². The number of rotatable bonds is 6. The smallest absolute Gasteiger partial charge is 0.410 e. The van der Waals surface area contributed by atoms with Gasteiger partial charge in [0.05, 0.1) is 18.3 Å². The molecule has 1 spiro atoms. The molecule has 1 saturated carbocycles. The number of hydrogen-bond acceptors (Lipinski definition) is 5. The number of amides is 2. The fraction of sp³-hybridized carbons (Fsp3) is 0.607. The van der Waals surface area contributed by atoms with E-state index in [4.69, 9.17) is 9.72 Å². The Labute approximate surface area is 212 Å². The number of aryl methyl sites for hydroxylation is 1. The number of para-hydroxylation sites is 1. The topological polar surface area (TPSA) is 87.9 Å². The maximum atomic E-state index is 14.0. The minimum Gasteiger partial charge on any atom is -0.446 e. The summed E-state index contributed by atoms with van der Waals surface area (Å²) in [5.74, 6) is 0.927. The third-order valence-electron chi connectivity index (χ3n) is 8.50. The minimum atomic E-state index is -0.706. The van der Waals surface area contributed by atoms with E-state index in [-0.39, 0.29) is 24.2 Å². The molecule has 1 unspecified atom stereocenters. The van der Waals surface area contributed by atoms with Crippen molar-refractivity contribution in [2.24, 2.45) is 0 Å². The summed E-state index contributed by atoms with van der Waals surface area (Å²) in [7, 11) is 0. The third kappa shape index (κ3) is 3.90. The molecule has 1 aromatic heterocycles. The van der Waals surface area contributed by atoms with Gasteiger partial charge in [0, 0.05) is 31.0 Å². The van der Waals surface area contributed by atoms with E-state index >= 15 is 0 Å². The van der Waals surface area contributed by atoms with Gasteiger partial charge >= 0.3 is 6.09 Å². The molecule has 1 aromatic carbocycles. The molecular formula is C28H36N4O4. The summed E-state index contributed by atoms with van der Waals surface area (Å²) in [5.41, 5.74) is 3.60. The molecule has 3 heterocycles. The number of anilines is 1. The predicted octanol–water partition coefficient (Wildman–Crippen LogP) is 3.71. The first-order chi connectivity index (χ1) is 17.5. The van der Waals surface area contributed by atoms with Crippen LogP contribution in [0.25, 0.3) is 0 Å². The van der Waals surface area contributed by atoms with Crippen molar-refractivity contribution in [2.45, 2.75) is 95.4 Å². The first-order valence-corrected chi connectivity index (χ1v) is 13.6. The highest BCUT2D eigenvalue weighted by Gasteiger charge is 2.59. The number of carbonyl (C=O) groups excluding carboxylic acids is 2. The largest absolute Gasteiger partial charge is 0.446 e. The number of likely N-dealkylation sites (tertiary alicyclic amines) is 1. The number of aliphatic hydroxyl groups is 1. The highest BCUT2D eigenvalue weighted by molar-refractivity contribution is 6.09. The van der Waals surface area contributed by atoms with Gasteiger partial charge in [0.25, 0.3) is 0 Å². The lowest BCUT2D eigenvalue weighted by Gasteiger charge is -2.46. The van der Waals surface area contributed by atoms with Gasteiger partial charge in [0.15, 0.2) is 0 Å². The van der Waals surface area contributed by atoms with E-state index in [1.165, 1.54) is 5.69 Å². The molecule has 4 aliphatic rings. The van der Waals surface area contributed by atoms with Crippen LogP contribution >= 0.6 is 0 Å². The van der Waals surface area contributed by atoms with E-state index in [0.717, 1.165) is 74.1 Å². The van der Waals surface area contributed by atoms with Gasteiger partial charge in [-0.25, -0.2) is 9.78 Å². The highest BCUT2D eigenvalue weighted by atomic mass is 16.6. The number of hydrogen-bond donors (Lipinski definition) is 1. The van der Waals surface area contributed by atoms with Gasteiger partial charge in [-0.2, -0.15) is 0 Å². The number of aromatic nitrogens is 2.